The summed E-state index contributed by atoms with van der Waals surface area (Å²) >= 11 is 0. The highest BCUT2D eigenvalue weighted by molar-refractivity contribution is 5.17. The lowest BCUT2D eigenvalue weighted by Crippen LogP contribution is -2.14. The summed E-state index contributed by atoms with van der Waals surface area (Å²) in [5, 5.41) is 4.68. The summed E-state index contributed by atoms with van der Waals surface area (Å²) in [5.41, 5.74) is 8.41. The predicted octanol–water partition coefficient (Wildman–Crippen LogP) is 2.64. The Morgan fingerprint density at radius 2 is 1.95 bits per heavy atom. The molecule has 0 amide bonds. The molecule has 0 radical (unpaired) electrons. The van der Waals surface area contributed by atoms with Gasteiger partial charge in [0, 0.05) is 31.1 Å². The lowest BCUT2D eigenvalue weighted by Gasteiger charge is -2.11. The molecule has 4 heteroatoms. The number of rotatable bonds is 4. The minimum absolute atomic E-state index is 0.00470. The maximum absolute atomic E-state index is 6.21. The fourth-order valence-corrected chi connectivity index (χ4v) is 2.81. The van der Waals surface area contributed by atoms with Crippen LogP contribution in [0.3, 0.4) is 0 Å². The van der Waals surface area contributed by atoms with Crippen LogP contribution in [-0.2, 0) is 6.42 Å². The van der Waals surface area contributed by atoms with Crippen LogP contribution in [0.4, 0.5) is 0 Å². The molecule has 0 spiro atoms. The predicted molar refractivity (Wildman–Crippen MR) is 74.6 cm³/mol. The van der Waals surface area contributed by atoms with E-state index in [1.165, 1.54) is 25.7 Å². The zero-order valence-electron chi connectivity index (χ0n) is 11.1. The van der Waals surface area contributed by atoms with Gasteiger partial charge in [-0.15, -0.1) is 0 Å². The summed E-state index contributed by atoms with van der Waals surface area (Å²) in [7, 11) is 0. The van der Waals surface area contributed by atoms with E-state index in [9.17, 15) is 0 Å². The molecule has 1 aliphatic rings. The maximum Gasteiger partial charge on any atom is 0.0643 e. The molecule has 100 valence electrons. The van der Waals surface area contributed by atoms with Crippen molar-refractivity contribution in [1.29, 1.82) is 0 Å². The van der Waals surface area contributed by atoms with Crippen molar-refractivity contribution in [2.45, 2.75) is 44.2 Å². The van der Waals surface area contributed by atoms with Gasteiger partial charge in [-0.25, -0.2) is 0 Å². The van der Waals surface area contributed by atoms with Crippen LogP contribution in [0.2, 0.25) is 0 Å². The van der Waals surface area contributed by atoms with Crippen molar-refractivity contribution < 1.29 is 0 Å². The molecular formula is C15H20N4. The van der Waals surface area contributed by atoms with E-state index in [-0.39, 0.29) is 6.04 Å². The Kier molecular flexibility index (Phi) is 3.60. The van der Waals surface area contributed by atoms with E-state index in [4.69, 9.17) is 5.73 Å². The third-order valence-corrected chi connectivity index (χ3v) is 3.93. The highest BCUT2D eigenvalue weighted by Crippen LogP contribution is 2.29. The van der Waals surface area contributed by atoms with Crippen LogP contribution in [0.1, 0.15) is 49.0 Å². The molecule has 4 nitrogen and oxygen atoms in total. The molecule has 1 fully saturated rings. The average Bonchev–Trinajstić information content (AvgIpc) is 3.10. The maximum atomic E-state index is 6.21. The van der Waals surface area contributed by atoms with Gasteiger partial charge in [-0.3, -0.25) is 9.67 Å². The van der Waals surface area contributed by atoms with E-state index in [1.54, 1.807) is 12.4 Å². The Morgan fingerprint density at radius 3 is 2.68 bits per heavy atom. The van der Waals surface area contributed by atoms with E-state index in [2.05, 4.69) is 27.0 Å². The molecule has 19 heavy (non-hydrogen) atoms. The molecule has 2 heterocycles. The minimum Gasteiger partial charge on any atom is -0.324 e. The Morgan fingerprint density at radius 1 is 1.21 bits per heavy atom. The van der Waals surface area contributed by atoms with Crippen molar-refractivity contribution in [2.24, 2.45) is 5.73 Å². The summed E-state index contributed by atoms with van der Waals surface area (Å²) in [6.07, 6.45) is 11.6. The van der Waals surface area contributed by atoms with Gasteiger partial charge in [-0.1, -0.05) is 12.8 Å². The van der Waals surface area contributed by atoms with Crippen LogP contribution in [0.5, 0.6) is 0 Å². The van der Waals surface area contributed by atoms with Crippen molar-refractivity contribution >= 4 is 0 Å². The van der Waals surface area contributed by atoms with E-state index in [0.717, 1.165) is 17.7 Å². The number of pyridine rings is 1. The van der Waals surface area contributed by atoms with Crippen molar-refractivity contribution in [3.05, 3.63) is 48.0 Å². The first kappa shape index (κ1) is 12.4. The van der Waals surface area contributed by atoms with Gasteiger partial charge >= 0.3 is 0 Å². The molecule has 3 rings (SSSR count). The molecule has 0 saturated heterocycles. The Bertz CT molecular complexity index is 514. The Balaban J connectivity index is 1.66. The number of nitrogens with zero attached hydrogens (tertiary/aromatic N) is 3. The van der Waals surface area contributed by atoms with E-state index in [0.29, 0.717) is 6.04 Å². The monoisotopic (exact) mass is 256 g/mol. The van der Waals surface area contributed by atoms with Crippen molar-refractivity contribution in [2.75, 3.05) is 0 Å². The highest BCUT2D eigenvalue weighted by Gasteiger charge is 2.18. The second-order valence-electron chi connectivity index (χ2n) is 5.32. The standard InChI is InChI=1S/C15H20N4/c16-15(12-5-8-17-9-6-12)11-13-7-10-19(18-13)14-3-1-2-4-14/h5-10,14-15H,1-4,11,16H2. The first-order chi connectivity index (χ1) is 9.33. The van der Waals surface area contributed by atoms with Crippen LogP contribution in [-0.4, -0.2) is 14.8 Å². The first-order valence-electron chi connectivity index (χ1n) is 7.02. The van der Waals surface area contributed by atoms with E-state index >= 15 is 0 Å². The van der Waals surface area contributed by atoms with Crippen molar-refractivity contribution in [3.8, 4) is 0 Å². The average molecular weight is 256 g/mol. The zero-order valence-corrected chi connectivity index (χ0v) is 11.1. The summed E-state index contributed by atoms with van der Waals surface area (Å²) in [6.45, 7) is 0. The molecular weight excluding hydrogens is 236 g/mol. The molecule has 2 aromatic heterocycles. The van der Waals surface area contributed by atoms with Crippen LogP contribution >= 0.6 is 0 Å². The van der Waals surface area contributed by atoms with Gasteiger partial charge in [0.1, 0.15) is 0 Å². The fraction of sp³-hybridized carbons (Fsp3) is 0.467. The zero-order chi connectivity index (χ0) is 13.1. The van der Waals surface area contributed by atoms with Gasteiger partial charge in [0.2, 0.25) is 0 Å². The molecule has 2 aromatic rings. The van der Waals surface area contributed by atoms with E-state index in [1.807, 2.05) is 12.1 Å². The van der Waals surface area contributed by atoms with Gasteiger partial charge in [0.15, 0.2) is 0 Å². The third-order valence-electron chi connectivity index (χ3n) is 3.93. The molecule has 1 saturated carbocycles. The molecule has 0 aliphatic heterocycles. The van der Waals surface area contributed by atoms with Crippen LogP contribution in [0.25, 0.3) is 0 Å². The summed E-state index contributed by atoms with van der Waals surface area (Å²) in [5.74, 6) is 0. The van der Waals surface area contributed by atoms with Gasteiger partial charge in [0.25, 0.3) is 0 Å². The Labute approximate surface area is 113 Å². The minimum atomic E-state index is -0.00470. The van der Waals surface area contributed by atoms with Crippen molar-refractivity contribution in [1.82, 2.24) is 14.8 Å². The number of aromatic nitrogens is 3. The van der Waals surface area contributed by atoms with Crippen molar-refractivity contribution in [3.63, 3.8) is 0 Å². The second-order valence-corrected chi connectivity index (χ2v) is 5.32. The van der Waals surface area contributed by atoms with Gasteiger partial charge in [-0.05, 0) is 36.6 Å². The van der Waals surface area contributed by atoms with E-state index < -0.39 is 0 Å². The third kappa shape index (κ3) is 2.84. The number of hydrogen-bond acceptors (Lipinski definition) is 3. The molecule has 1 atom stereocenters. The highest BCUT2D eigenvalue weighted by atomic mass is 15.3. The summed E-state index contributed by atoms with van der Waals surface area (Å²) < 4.78 is 2.13. The van der Waals surface area contributed by atoms with Crippen LogP contribution in [0.15, 0.2) is 36.8 Å². The summed E-state index contributed by atoms with van der Waals surface area (Å²) in [6, 6.07) is 6.64. The second kappa shape index (κ2) is 5.53. The van der Waals surface area contributed by atoms with Crippen LogP contribution in [0, 0.1) is 0 Å². The number of hydrogen-bond donors (Lipinski definition) is 1. The van der Waals surface area contributed by atoms with Gasteiger partial charge in [-0.2, -0.15) is 5.10 Å². The molecule has 0 aromatic carbocycles. The lowest BCUT2D eigenvalue weighted by molar-refractivity contribution is 0.461. The normalized spacial score (nSPS) is 17.7. The largest absolute Gasteiger partial charge is 0.324 e. The molecule has 0 bridgehead atoms. The smallest absolute Gasteiger partial charge is 0.0643 e. The SMILES string of the molecule is NC(Cc1ccn(C2CCCC2)n1)c1ccncc1. The first-order valence-corrected chi connectivity index (χ1v) is 7.02. The fourth-order valence-electron chi connectivity index (χ4n) is 2.81. The lowest BCUT2D eigenvalue weighted by atomic mass is 10.0. The quantitative estimate of drug-likeness (QED) is 0.915. The van der Waals surface area contributed by atoms with Gasteiger partial charge in [0.05, 0.1) is 11.7 Å². The topological polar surface area (TPSA) is 56.7 Å². The number of nitrogens with two attached hydrogens (primary N) is 1. The van der Waals surface area contributed by atoms with Gasteiger partial charge < -0.3 is 5.73 Å². The summed E-state index contributed by atoms with van der Waals surface area (Å²) in [4.78, 5) is 4.02. The Hall–Kier alpha value is -1.68. The molecule has 1 aliphatic carbocycles. The molecule has 2 N–H and O–H groups in total. The molecule has 1 unspecified atom stereocenters. The van der Waals surface area contributed by atoms with Crippen LogP contribution < -0.4 is 5.73 Å².